The van der Waals surface area contributed by atoms with Crippen molar-refractivity contribution in [3.05, 3.63) is 42.1 Å². The van der Waals surface area contributed by atoms with Gasteiger partial charge in [-0.25, -0.2) is 4.98 Å². The van der Waals surface area contributed by atoms with E-state index in [-0.39, 0.29) is 30.7 Å². The summed E-state index contributed by atoms with van der Waals surface area (Å²) in [5, 5.41) is 4.55. The lowest BCUT2D eigenvalue weighted by Crippen LogP contribution is -2.33. The molecule has 2 saturated heterocycles. The number of likely N-dealkylation sites (tertiary alicyclic amines) is 1. The Balaban J connectivity index is 0.00000104. The number of carbonyl (C=O) groups excluding carboxylic acids is 1. The van der Waals surface area contributed by atoms with Crippen LogP contribution in [0.5, 0.6) is 0 Å². The number of hydrogen-bond acceptors (Lipinski definition) is 3. The number of rotatable bonds is 1. The van der Waals surface area contributed by atoms with Gasteiger partial charge < -0.3 is 10.2 Å². The Morgan fingerprint density at radius 2 is 1.67 bits per heavy atom. The lowest BCUT2D eigenvalue weighted by molar-refractivity contribution is 0.0753. The Morgan fingerprint density at radius 1 is 1.00 bits per heavy atom. The standard InChI is InChI=1S/C18H21N3O.2ClH/c22-18(17-6-5-13-3-1-2-4-16(13)20-17)21-9-7-14-11-19-12-15(14)8-10-21;;/h1-6,14-15,19H,7-12H2;2*1H/t14-,15+;;. The van der Waals surface area contributed by atoms with Gasteiger partial charge in [-0.2, -0.15) is 0 Å². The van der Waals surface area contributed by atoms with E-state index in [1.165, 1.54) is 0 Å². The fourth-order valence-electron chi connectivity index (χ4n) is 3.77. The summed E-state index contributed by atoms with van der Waals surface area (Å²) < 4.78 is 0. The van der Waals surface area contributed by atoms with Crippen molar-refractivity contribution in [2.45, 2.75) is 12.8 Å². The first-order chi connectivity index (χ1) is 10.8. The molecule has 1 aromatic carbocycles. The van der Waals surface area contributed by atoms with E-state index in [1.54, 1.807) is 0 Å². The zero-order valence-electron chi connectivity index (χ0n) is 13.5. The van der Waals surface area contributed by atoms with Gasteiger partial charge >= 0.3 is 0 Å². The number of pyridine rings is 1. The van der Waals surface area contributed by atoms with Crippen LogP contribution in [0, 0.1) is 11.8 Å². The topological polar surface area (TPSA) is 45.2 Å². The molecule has 0 bridgehead atoms. The second-order valence-corrected chi connectivity index (χ2v) is 6.44. The zero-order chi connectivity index (χ0) is 14.9. The van der Waals surface area contributed by atoms with E-state index >= 15 is 0 Å². The van der Waals surface area contributed by atoms with Crippen molar-refractivity contribution in [2.24, 2.45) is 11.8 Å². The fraction of sp³-hybridized carbons (Fsp3) is 0.444. The highest BCUT2D eigenvalue weighted by Crippen LogP contribution is 2.27. The fourth-order valence-corrected chi connectivity index (χ4v) is 3.77. The summed E-state index contributed by atoms with van der Waals surface area (Å²) in [5.41, 5.74) is 1.47. The number of para-hydroxylation sites is 1. The maximum absolute atomic E-state index is 12.8. The summed E-state index contributed by atoms with van der Waals surface area (Å²) in [6, 6.07) is 11.8. The van der Waals surface area contributed by atoms with Crippen LogP contribution in [0.1, 0.15) is 23.3 Å². The van der Waals surface area contributed by atoms with Crippen LogP contribution in [0.3, 0.4) is 0 Å². The highest BCUT2D eigenvalue weighted by atomic mass is 35.5. The van der Waals surface area contributed by atoms with Gasteiger partial charge in [0.1, 0.15) is 5.69 Å². The minimum atomic E-state index is 0. The molecule has 6 heteroatoms. The summed E-state index contributed by atoms with van der Waals surface area (Å²) in [6.07, 6.45) is 2.22. The van der Waals surface area contributed by atoms with E-state index in [0.29, 0.717) is 5.69 Å². The first-order valence-corrected chi connectivity index (χ1v) is 8.17. The Labute approximate surface area is 154 Å². The summed E-state index contributed by atoms with van der Waals surface area (Å²) >= 11 is 0. The van der Waals surface area contributed by atoms with E-state index in [0.717, 1.165) is 61.8 Å². The molecule has 1 amide bonds. The molecule has 130 valence electrons. The second-order valence-electron chi connectivity index (χ2n) is 6.44. The molecule has 3 heterocycles. The van der Waals surface area contributed by atoms with Gasteiger partial charge in [0.2, 0.25) is 0 Å². The molecule has 2 aliphatic heterocycles. The third-order valence-corrected chi connectivity index (χ3v) is 5.12. The first kappa shape index (κ1) is 19.0. The first-order valence-electron chi connectivity index (χ1n) is 8.17. The molecular formula is C18H23Cl2N3O. The molecular weight excluding hydrogens is 345 g/mol. The molecule has 2 fully saturated rings. The molecule has 0 spiro atoms. The molecule has 0 radical (unpaired) electrons. The molecule has 0 saturated carbocycles. The molecule has 24 heavy (non-hydrogen) atoms. The zero-order valence-corrected chi connectivity index (χ0v) is 15.1. The monoisotopic (exact) mass is 367 g/mol. The van der Waals surface area contributed by atoms with Crippen LogP contribution in [-0.2, 0) is 0 Å². The number of hydrogen-bond donors (Lipinski definition) is 1. The maximum atomic E-state index is 12.8. The quantitative estimate of drug-likeness (QED) is 0.841. The smallest absolute Gasteiger partial charge is 0.272 e. The molecule has 2 aliphatic rings. The third-order valence-electron chi connectivity index (χ3n) is 5.12. The number of aromatic nitrogens is 1. The predicted octanol–water partition coefficient (Wildman–Crippen LogP) is 3.15. The largest absolute Gasteiger partial charge is 0.337 e. The van der Waals surface area contributed by atoms with Crippen LogP contribution in [0.25, 0.3) is 10.9 Å². The van der Waals surface area contributed by atoms with E-state index in [4.69, 9.17) is 0 Å². The number of amides is 1. The molecule has 1 aromatic heterocycles. The third kappa shape index (κ3) is 3.66. The van der Waals surface area contributed by atoms with E-state index in [1.807, 2.05) is 41.3 Å². The average Bonchev–Trinajstić information content (AvgIpc) is 2.92. The van der Waals surface area contributed by atoms with Gasteiger partial charge in [0, 0.05) is 18.5 Å². The van der Waals surface area contributed by atoms with Gasteiger partial charge in [-0.15, -0.1) is 24.8 Å². The van der Waals surface area contributed by atoms with Gasteiger partial charge in [0.05, 0.1) is 5.52 Å². The van der Waals surface area contributed by atoms with Crippen molar-refractivity contribution >= 4 is 41.6 Å². The van der Waals surface area contributed by atoms with Crippen molar-refractivity contribution < 1.29 is 4.79 Å². The minimum absolute atomic E-state index is 0. The van der Waals surface area contributed by atoms with Gasteiger partial charge in [-0.1, -0.05) is 24.3 Å². The highest BCUT2D eigenvalue weighted by molar-refractivity contribution is 5.94. The van der Waals surface area contributed by atoms with Crippen molar-refractivity contribution in [3.8, 4) is 0 Å². The van der Waals surface area contributed by atoms with Gasteiger partial charge in [0.25, 0.3) is 5.91 Å². The molecule has 4 nitrogen and oxygen atoms in total. The second kappa shape index (κ2) is 8.15. The van der Waals surface area contributed by atoms with Crippen LogP contribution in [0.15, 0.2) is 36.4 Å². The number of nitrogens with zero attached hydrogens (tertiary/aromatic N) is 2. The van der Waals surface area contributed by atoms with Crippen LogP contribution in [0.4, 0.5) is 0 Å². The molecule has 0 aliphatic carbocycles. The van der Waals surface area contributed by atoms with Crippen molar-refractivity contribution in [1.82, 2.24) is 15.2 Å². The van der Waals surface area contributed by atoms with Crippen molar-refractivity contribution in [2.75, 3.05) is 26.2 Å². The van der Waals surface area contributed by atoms with Gasteiger partial charge in [-0.05, 0) is 49.9 Å². The Bertz CT molecular complexity index is 695. The maximum Gasteiger partial charge on any atom is 0.272 e. The number of halogens is 2. The van der Waals surface area contributed by atoms with Crippen LogP contribution >= 0.6 is 24.8 Å². The highest BCUT2D eigenvalue weighted by Gasteiger charge is 2.31. The molecule has 2 aromatic rings. The van der Waals surface area contributed by atoms with Crippen molar-refractivity contribution in [1.29, 1.82) is 0 Å². The summed E-state index contributed by atoms with van der Waals surface area (Å²) in [4.78, 5) is 19.3. The lowest BCUT2D eigenvalue weighted by atomic mass is 9.92. The summed E-state index contributed by atoms with van der Waals surface area (Å²) in [5.74, 6) is 1.56. The number of carbonyl (C=O) groups is 1. The number of benzene rings is 1. The van der Waals surface area contributed by atoms with Gasteiger partial charge in [-0.3, -0.25) is 4.79 Å². The number of fused-ring (bicyclic) bond motifs is 2. The van der Waals surface area contributed by atoms with E-state index in [9.17, 15) is 4.79 Å². The lowest BCUT2D eigenvalue weighted by Gasteiger charge is -2.20. The SMILES string of the molecule is Cl.Cl.O=C(c1ccc2ccccc2n1)N1CC[C@@H]2CNC[C@@H]2CC1. The van der Waals surface area contributed by atoms with Gasteiger partial charge in [0.15, 0.2) is 0 Å². The predicted molar refractivity (Wildman–Crippen MR) is 101 cm³/mol. The Morgan fingerprint density at radius 3 is 2.38 bits per heavy atom. The molecule has 2 atom stereocenters. The summed E-state index contributed by atoms with van der Waals surface area (Å²) in [7, 11) is 0. The number of nitrogens with one attached hydrogen (secondary N) is 1. The normalized spacial score (nSPS) is 22.9. The van der Waals surface area contributed by atoms with E-state index < -0.39 is 0 Å². The Hall–Kier alpha value is -1.36. The van der Waals surface area contributed by atoms with Crippen LogP contribution in [-0.4, -0.2) is 42.0 Å². The summed E-state index contributed by atoms with van der Waals surface area (Å²) in [6.45, 7) is 3.94. The van der Waals surface area contributed by atoms with Crippen LogP contribution in [0.2, 0.25) is 0 Å². The van der Waals surface area contributed by atoms with E-state index in [2.05, 4.69) is 10.3 Å². The minimum Gasteiger partial charge on any atom is -0.337 e. The van der Waals surface area contributed by atoms with Crippen LogP contribution < -0.4 is 5.32 Å². The molecule has 4 rings (SSSR count). The Kier molecular flexibility index (Phi) is 6.44. The molecule has 0 unspecified atom stereocenters. The molecule has 1 N–H and O–H groups in total. The average molecular weight is 368 g/mol. The van der Waals surface area contributed by atoms with Crippen molar-refractivity contribution in [3.63, 3.8) is 0 Å².